The highest BCUT2D eigenvalue weighted by Gasteiger charge is 1.99. The van der Waals surface area contributed by atoms with Crippen LogP contribution in [0.4, 0.5) is 5.69 Å². The Morgan fingerprint density at radius 3 is 1.97 bits per heavy atom. The predicted molar refractivity (Wildman–Crippen MR) is 130 cm³/mol. The van der Waals surface area contributed by atoms with Crippen LogP contribution in [-0.2, 0) is 13.0 Å². The Kier molecular flexibility index (Phi) is 9.81. The molecule has 0 aliphatic heterocycles. The van der Waals surface area contributed by atoms with Crippen LogP contribution in [0.2, 0.25) is 0 Å². The van der Waals surface area contributed by atoms with Gasteiger partial charge < -0.3 is 14.8 Å². The number of nitrogens with one attached hydrogen (secondary N) is 1. The minimum atomic E-state index is 0.684. The molecule has 0 aliphatic carbocycles. The van der Waals surface area contributed by atoms with Crippen LogP contribution in [0.3, 0.4) is 0 Å². The van der Waals surface area contributed by atoms with E-state index in [1.807, 2.05) is 18.2 Å². The smallest absolute Gasteiger partial charge is 0.119 e. The van der Waals surface area contributed by atoms with Crippen LogP contribution in [0.25, 0.3) is 0 Å². The summed E-state index contributed by atoms with van der Waals surface area (Å²) in [5.74, 6) is 1.86. The van der Waals surface area contributed by atoms with Gasteiger partial charge in [0.25, 0.3) is 0 Å². The largest absolute Gasteiger partial charge is 0.494 e. The van der Waals surface area contributed by atoms with Gasteiger partial charge in [0.2, 0.25) is 0 Å². The van der Waals surface area contributed by atoms with Gasteiger partial charge in [-0.3, -0.25) is 0 Å². The van der Waals surface area contributed by atoms with E-state index < -0.39 is 0 Å². The zero-order valence-corrected chi connectivity index (χ0v) is 18.7. The van der Waals surface area contributed by atoms with Crippen molar-refractivity contribution in [3.63, 3.8) is 0 Å². The lowest BCUT2D eigenvalue weighted by atomic mass is 10.2. The molecular weight excluding hydrogens is 382 g/mol. The van der Waals surface area contributed by atoms with E-state index in [2.05, 4.69) is 72.9 Å². The fourth-order valence-electron chi connectivity index (χ4n) is 3.40. The molecule has 3 heteroatoms. The molecule has 0 radical (unpaired) electrons. The fraction of sp³-hybridized carbons (Fsp3) is 0.357. The van der Waals surface area contributed by atoms with Crippen molar-refractivity contribution in [2.24, 2.45) is 0 Å². The Morgan fingerprint density at radius 1 is 0.613 bits per heavy atom. The summed E-state index contributed by atoms with van der Waals surface area (Å²) in [5, 5.41) is 3.47. The summed E-state index contributed by atoms with van der Waals surface area (Å²) in [6, 6.07) is 27.0. The molecule has 0 heterocycles. The third-order valence-electron chi connectivity index (χ3n) is 5.29. The van der Waals surface area contributed by atoms with E-state index in [9.17, 15) is 0 Å². The first kappa shape index (κ1) is 22.7. The van der Waals surface area contributed by atoms with Gasteiger partial charge in [-0.05, 0) is 53.9 Å². The third-order valence-corrected chi connectivity index (χ3v) is 5.29. The average Bonchev–Trinajstić information content (AvgIpc) is 2.82. The van der Waals surface area contributed by atoms with Gasteiger partial charge in [-0.1, -0.05) is 75.1 Å². The molecular formula is C28H35NO2. The summed E-state index contributed by atoms with van der Waals surface area (Å²) < 4.78 is 11.7. The molecule has 0 atom stereocenters. The van der Waals surface area contributed by atoms with E-state index in [1.165, 1.54) is 36.8 Å². The van der Waals surface area contributed by atoms with E-state index in [0.29, 0.717) is 6.61 Å². The summed E-state index contributed by atoms with van der Waals surface area (Å²) in [4.78, 5) is 0. The fourth-order valence-corrected chi connectivity index (χ4v) is 3.40. The van der Waals surface area contributed by atoms with Gasteiger partial charge in [0.1, 0.15) is 11.5 Å². The van der Waals surface area contributed by atoms with Crippen LogP contribution in [0.1, 0.15) is 50.2 Å². The Balaban J connectivity index is 1.34. The van der Waals surface area contributed by atoms with Gasteiger partial charge in [-0.25, -0.2) is 0 Å². The van der Waals surface area contributed by atoms with Gasteiger partial charge in [-0.15, -0.1) is 0 Å². The van der Waals surface area contributed by atoms with E-state index in [-0.39, 0.29) is 0 Å². The van der Waals surface area contributed by atoms with Gasteiger partial charge >= 0.3 is 0 Å². The molecule has 0 amide bonds. The summed E-state index contributed by atoms with van der Waals surface area (Å²) >= 11 is 0. The molecule has 0 unspecified atom stereocenters. The van der Waals surface area contributed by atoms with Gasteiger partial charge in [0, 0.05) is 18.7 Å². The maximum Gasteiger partial charge on any atom is 0.119 e. The minimum absolute atomic E-state index is 0.684. The average molecular weight is 418 g/mol. The SMILES string of the molecule is CCCCCCCOc1ccc(CNc2ccc(OCCc3ccccc3)cc2)cc1. The number of anilines is 1. The van der Waals surface area contributed by atoms with Crippen LogP contribution in [0, 0.1) is 0 Å². The van der Waals surface area contributed by atoms with Gasteiger partial charge in [0.15, 0.2) is 0 Å². The highest BCUT2D eigenvalue weighted by Crippen LogP contribution is 2.18. The van der Waals surface area contributed by atoms with Crippen molar-refractivity contribution >= 4 is 5.69 Å². The van der Waals surface area contributed by atoms with Gasteiger partial charge in [0.05, 0.1) is 13.2 Å². The Hall–Kier alpha value is -2.94. The van der Waals surface area contributed by atoms with Crippen molar-refractivity contribution in [2.75, 3.05) is 18.5 Å². The third kappa shape index (κ3) is 8.75. The first-order chi connectivity index (χ1) is 15.3. The van der Waals surface area contributed by atoms with Crippen LogP contribution < -0.4 is 14.8 Å². The molecule has 3 nitrogen and oxygen atoms in total. The van der Waals surface area contributed by atoms with Crippen molar-refractivity contribution < 1.29 is 9.47 Å². The molecule has 3 aromatic carbocycles. The number of unbranched alkanes of at least 4 members (excludes halogenated alkanes) is 4. The van der Waals surface area contributed by atoms with Crippen molar-refractivity contribution in [3.05, 3.63) is 90.0 Å². The summed E-state index contributed by atoms with van der Waals surface area (Å²) in [5.41, 5.74) is 3.62. The number of ether oxygens (including phenoxy) is 2. The lowest BCUT2D eigenvalue weighted by molar-refractivity contribution is 0.304. The highest BCUT2D eigenvalue weighted by atomic mass is 16.5. The lowest BCUT2D eigenvalue weighted by Crippen LogP contribution is -2.02. The minimum Gasteiger partial charge on any atom is -0.494 e. The van der Waals surface area contributed by atoms with Crippen molar-refractivity contribution in [3.8, 4) is 11.5 Å². The maximum absolute atomic E-state index is 5.86. The zero-order valence-electron chi connectivity index (χ0n) is 18.7. The van der Waals surface area contributed by atoms with Crippen LogP contribution in [0.5, 0.6) is 11.5 Å². The number of hydrogen-bond donors (Lipinski definition) is 1. The molecule has 1 N–H and O–H groups in total. The van der Waals surface area contributed by atoms with Crippen molar-refractivity contribution in [1.29, 1.82) is 0 Å². The molecule has 0 saturated carbocycles. The van der Waals surface area contributed by atoms with Crippen LogP contribution >= 0.6 is 0 Å². The van der Waals surface area contributed by atoms with E-state index in [1.54, 1.807) is 0 Å². The Bertz CT molecular complexity index is 844. The summed E-state index contributed by atoms with van der Waals surface area (Å²) in [7, 11) is 0. The molecule has 3 aromatic rings. The molecule has 0 spiro atoms. The van der Waals surface area contributed by atoms with Crippen LogP contribution in [0.15, 0.2) is 78.9 Å². The highest BCUT2D eigenvalue weighted by molar-refractivity contribution is 5.47. The van der Waals surface area contributed by atoms with Crippen molar-refractivity contribution in [1.82, 2.24) is 0 Å². The monoisotopic (exact) mass is 417 g/mol. The summed E-state index contributed by atoms with van der Waals surface area (Å²) in [6.07, 6.45) is 7.22. The topological polar surface area (TPSA) is 30.5 Å². The molecule has 0 fully saturated rings. The maximum atomic E-state index is 5.86. The molecule has 0 aliphatic rings. The first-order valence-electron chi connectivity index (χ1n) is 11.6. The predicted octanol–water partition coefficient (Wildman–Crippen LogP) is 7.27. The molecule has 164 valence electrons. The number of rotatable bonds is 14. The quantitative estimate of drug-likeness (QED) is 0.280. The molecule has 0 aromatic heterocycles. The second-order valence-electron chi connectivity index (χ2n) is 7.87. The standard InChI is InChI=1S/C28H35NO2/c1-2-3-4-5-9-21-30-27-16-12-25(13-17-27)23-29-26-14-18-28(19-15-26)31-22-20-24-10-7-6-8-11-24/h6-8,10-19,29H,2-5,9,20-23H2,1H3. The molecule has 0 bridgehead atoms. The molecule has 31 heavy (non-hydrogen) atoms. The second-order valence-corrected chi connectivity index (χ2v) is 7.87. The Morgan fingerprint density at radius 2 is 1.26 bits per heavy atom. The molecule has 0 saturated heterocycles. The molecule has 3 rings (SSSR count). The second kappa shape index (κ2) is 13.4. The number of benzene rings is 3. The van der Waals surface area contributed by atoms with E-state index >= 15 is 0 Å². The van der Waals surface area contributed by atoms with Gasteiger partial charge in [-0.2, -0.15) is 0 Å². The van der Waals surface area contributed by atoms with Crippen molar-refractivity contribution in [2.45, 2.75) is 52.0 Å². The zero-order chi connectivity index (χ0) is 21.6. The van der Waals surface area contributed by atoms with E-state index in [4.69, 9.17) is 9.47 Å². The van der Waals surface area contributed by atoms with Crippen LogP contribution in [-0.4, -0.2) is 13.2 Å². The lowest BCUT2D eigenvalue weighted by Gasteiger charge is -2.10. The van der Waals surface area contributed by atoms with E-state index in [0.717, 1.165) is 43.2 Å². The Labute approximate surface area is 187 Å². The number of hydrogen-bond acceptors (Lipinski definition) is 3. The first-order valence-corrected chi connectivity index (χ1v) is 11.6. The normalized spacial score (nSPS) is 10.6. The summed E-state index contributed by atoms with van der Waals surface area (Å²) in [6.45, 7) is 4.52.